The lowest BCUT2D eigenvalue weighted by atomic mass is 9.97. The fourth-order valence-corrected chi connectivity index (χ4v) is 3.83. The van der Waals surface area contributed by atoms with Gasteiger partial charge in [-0.3, -0.25) is 4.79 Å². The van der Waals surface area contributed by atoms with E-state index in [1.807, 2.05) is 6.07 Å². The molecule has 2 aliphatic rings. The van der Waals surface area contributed by atoms with Gasteiger partial charge in [0.25, 0.3) is 0 Å². The maximum atomic E-state index is 12.9. The molecule has 1 fully saturated rings. The predicted octanol–water partition coefficient (Wildman–Crippen LogP) is 3.10. The van der Waals surface area contributed by atoms with E-state index in [-0.39, 0.29) is 5.91 Å². The van der Waals surface area contributed by atoms with Crippen LogP contribution in [0, 0.1) is 0 Å². The summed E-state index contributed by atoms with van der Waals surface area (Å²) in [7, 11) is 0. The van der Waals surface area contributed by atoms with Gasteiger partial charge in [-0.05, 0) is 51.7 Å². The summed E-state index contributed by atoms with van der Waals surface area (Å²) < 4.78 is 0. The Morgan fingerprint density at radius 2 is 1.91 bits per heavy atom. The number of nitrogens with zero attached hydrogens (tertiary/aromatic N) is 2. The maximum Gasteiger partial charge on any atom is 0.242 e. The molecule has 0 aliphatic carbocycles. The number of anilines is 2. The highest BCUT2D eigenvalue weighted by atomic mass is 16.2. The van der Waals surface area contributed by atoms with Crippen LogP contribution >= 0.6 is 0 Å². The summed E-state index contributed by atoms with van der Waals surface area (Å²) in [6.07, 6.45) is 4.57. The molecular weight excluding hydrogens is 274 g/mol. The Morgan fingerprint density at radius 3 is 2.68 bits per heavy atom. The van der Waals surface area contributed by atoms with Crippen LogP contribution in [0.5, 0.6) is 0 Å². The van der Waals surface area contributed by atoms with Gasteiger partial charge >= 0.3 is 0 Å². The Morgan fingerprint density at radius 1 is 1.18 bits per heavy atom. The number of nitrogens with one attached hydrogen (secondary N) is 1. The van der Waals surface area contributed by atoms with E-state index in [1.54, 1.807) is 0 Å². The number of hydrogen-bond acceptors (Lipinski definition) is 3. The van der Waals surface area contributed by atoms with E-state index in [1.165, 1.54) is 6.42 Å². The third-order valence-corrected chi connectivity index (χ3v) is 4.97. The minimum Gasteiger partial charge on any atom is -0.383 e. The Kier molecular flexibility index (Phi) is 4.55. The van der Waals surface area contributed by atoms with E-state index in [4.69, 9.17) is 0 Å². The average molecular weight is 301 g/mol. The van der Waals surface area contributed by atoms with Gasteiger partial charge in [-0.1, -0.05) is 12.1 Å². The van der Waals surface area contributed by atoms with Crippen molar-refractivity contribution in [3.05, 3.63) is 24.3 Å². The first kappa shape index (κ1) is 15.2. The molecular formula is C18H27N3O. The van der Waals surface area contributed by atoms with Crippen LogP contribution in [0.3, 0.4) is 0 Å². The molecule has 0 saturated carbocycles. The lowest BCUT2D eigenvalue weighted by Gasteiger charge is -2.40. The van der Waals surface area contributed by atoms with Crippen molar-refractivity contribution in [1.29, 1.82) is 0 Å². The normalized spacial score (nSPS) is 25.2. The second kappa shape index (κ2) is 6.59. The van der Waals surface area contributed by atoms with Crippen molar-refractivity contribution in [1.82, 2.24) is 4.90 Å². The number of carbonyl (C=O) groups is 1. The molecule has 2 atom stereocenters. The molecule has 22 heavy (non-hydrogen) atoms. The highest BCUT2D eigenvalue weighted by Crippen LogP contribution is 2.29. The van der Waals surface area contributed by atoms with Gasteiger partial charge in [0.1, 0.15) is 0 Å². The molecule has 2 unspecified atom stereocenters. The Bertz CT molecular complexity index is 521. The minimum atomic E-state index is 0.274. The highest BCUT2D eigenvalue weighted by molar-refractivity contribution is 5.84. The second-order valence-electron chi connectivity index (χ2n) is 6.65. The van der Waals surface area contributed by atoms with E-state index in [2.05, 4.69) is 47.2 Å². The quantitative estimate of drug-likeness (QED) is 0.912. The molecule has 1 N–H and O–H groups in total. The lowest BCUT2D eigenvalue weighted by Crippen LogP contribution is -2.51. The summed E-state index contributed by atoms with van der Waals surface area (Å²) in [6.45, 7) is 6.77. The van der Waals surface area contributed by atoms with Crippen LogP contribution in [0.15, 0.2) is 24.3 Å². The fraction of sp³-hybridized carbons (Fsp3) is 0.611. The predicted molar refractivity (Wildman–Crippen MR) is 91.4 cm³/mol. The standard InChI is InChI=1S/C18H27N3O/c1-14-7-5-8-15(2)21(14)18(22)13-20-12-6-11-19-16-9-3-4-10-17(16)20/h3-4,9-10,14-15,19H,5-8,11-13H2,1-2H3. The molecule has 0 spiro atoms. The number of rotatable bonds is 2. The Hall–Kier alpha value is -1.71. The molecule has 2 aliphatic heterocycles. The molecule has 4 heteroatoms. The van der Waals surface area contributed by atoms with Crippen LogP contribution < -0.4 is 10.2 Å². The van der Waals surface area contributed by atoms with Crippen molar-refractivity contribution in [2.24, 2.45) is 0 Å². The van der Waals surface area contributed by atoms with E-state index in [9.17, 15) is 4.79 Å². The first-order valence-electron chi connectivity index (χ1n) is 8.56. The number of piperidine rings is 1. The van der Waals surface area contributed by atoms with Crippen molar-refractivity contribution in [2.75, 3.05) is 29.9 Å². The number of carbonyl (C=O) groups excluding carboxylic acids is 1. The average Bonchev–Trinajstić information content (AvgIpc) is 2.70. The third kappa shape index (κ3) is 3.06. The molecule has 0 aromatic heterocycles. The molecule has 0 radical (unpaired) electrons. The van der Waals surface area contributed by atoms with Gasteiger partial charge in [-0.15, -0.1) is 0 Å². The van der Waals surface area contributed by atoms with Gasteiger partial charge in [0.15, 0.2) is 0 Å². The first-order chi connectivity index (χ1) is 10.7. The summed E-state index contributed by atoms with van der Waals surface area (Å²) in [5.41, 5.74) is 2.30. The van der Waals surface area contributed by atoms with Crippen molar-refractivity contribution in [2.45, 2.75) is 51.6 Å². The molecule has 4 nitrogen and oxygen atoms in total. The minimum absolute atomic E-state index is 0.274. The number of para-hydroxylation sites is 2. The van der Waals surface area contributed by atoms with Gasteiger partial charge in [0.05, 0.1) is 17.9 Å². The summed E-state index contributed by atoms with van der Waals surface area (Å²) in [6, 6.07) is 9.06. The first-order valence-corrected chi connectivity index (χ1v) is 8.56. The summed E-state index contributed by atoms with van der Waals surface area (Å²) >= 11 is 0. The van der Waals surface area contributed by atoms with Crippen LogP contribution in [0.25, 0.3) is 0 Å². The zero-order valence-electron chi connectivity index (χ0n) is 13.7. The molecule has 1 aromatic rings. The van der Waals surface area contributed by atoms with E-state index in [0.29, 0.717) is 18.6 Å². The Labute approximate surface area is 133 Å². The monoisotopic (exact) mass is 301 g/mol. The van der Waals surface area contributed by atoms with Gasteiger partial charge < -0.3 is 15.1 Å². The van der Waals surface area contributed by atoms with Crippen LogP contribution in [0.2, 0.25) is 0 Å². The SMILES string of the molecule is CC1CCCC(C)N1C(=O)CN1CCCNc2ccccc21. The van der Waals surface area contributed by atoms with Crippen molar-refractivity contribution in [3.8, 4) is 0 Å². The highest BCUT2D eigenvalue weighted by Gasteiger charge is 2.30. The van der Waals surface area contributed by atoms with Gasteiger partial charge in [-0.2, -0.15) is 0 Å². The summed E-state index contributed by atoms with van der Waals surface area (Å²) in [5, 5.41) is 3.46. The van der Waals surface area contributed by atoms with Crippen LogP contribution in [-0.2, 0) is 4.79 Å². The van der Waals surface area contributed by atoms with E-state index in [0.717, 1.165) is 43.7 Å². The third-order valence-electron chi connectivity index (χ3n) is 4.97. The topological polar surface area (TPSA) is 35.6 Å². The molecule has 1 aromatic carbocycles. The summed E-state index contributed by atoms with van der Waals surface area (Å²) in [4.78, 5) is 17.2. The molecule has 3 rings (SSSR count). The molecule has 120 valence electrons. The summed E-state index contributed by atoms with van der Waals surface area (Å²) in [5.74, 6) is 0.274. The molecule has 0 bridgehead atoms. The zero-order valence-corrected chi connectivity index (χ0v) is 13.7. The maximum absolute atomic E-state index is 12.9. The van der Waals surface area contributed by atoms with Crippen molar-refractivity contribution >= 4 is 17.3 Å². The molecule has 2 heterocycles. The number of hydrogen-bond donors (Lipinski definition) is 1. The zero-order chi connectivity index (χ0) is 15.5. The number of amides is 1. The molecule has 1 amide bonds. The largest absolute Gasteiger partial charge is 0.383 e. The van der Waals surface area contributed by atoms with E-state index >= 15 is 0 Å². The Balaban J connectivity index is 1.76. The van der Waals surface area contributed by atoms with Crippen LogP contribution in [-0.4, -0.2) is 42.5 Å². The van der Waals surface area contributed by atoms with Crippen LogP contribution in [0.4, 0.5) is 11.4 Å². The van der Waals surface area contributed by atoms with Gasteiger partial charge in [-0.25, -0.2) is 0 Å². The number of fused-ring (bicyclic) bond motifs is 1. The van der Waals surface area contributed by atoms with Crippen molar-refractivity contribution < 1.29 is 4.79 Å². The van der Waals surface area contributed by atoms with Gasteiger partial charge in [0, 0.05) is 25.2 Å². The van der Waals surface area contributed by atoms with Gasteiger partial charge in [0.2, 0.25) is 5.91 Å². The number of likely N-dealkylation sites (tertiary alicyclic amines) is 1. The number of benzene rings is 1. The van der Waals surface area contributed by atoms with Crippen molar-refractivity contribution in [3.63, 3.8) is 0 Å². The lowest BCUT2D eigenvalue weighted by molar-refractivity contribution is -0.135. The fourth-order valence-electron chi connectivity index (χ4n) is 3.83. The van der Waals surface area contributed by atoms with E-state index < -0.39 is 0 Å². The second-order valence-corrected chi connectivity index (χ2v) is 6.65. The molecule has 1 saturated heterocycles. The van der Waals surface area contributed by atoms with Crippen LogP contribution in [0.1, 0.15) is 39.5 Å². The smallest absolute Gasteiger partial charge is 0.242 e.